The molecule has 32 heavy (non-hydrogen) atoms. The minimum atomic E-state index is -4.17. The van der Waals surface area contributed by atoms with Crippen LogP contribution in [0.4, 0.5) is 14.5 Å². The molecule has 0 unspecified atom stereocenters. The third-order valence-electron chi connectivity index (χ3n) is 4.42. The van der Waals surface area contributed by atoms with Gasteiger partial charge in [0.2, 0.25) is 5.91 Å². The van der Waals surface area contributed by atoms with Crippen molar-refractivity contribution in [3.63, 3.8) is 0 Å². The SMILES string of the molecule is O=C(CN(c1ccc(F)cc1)S(=O)(=O)c1ccc(F)cc1)NCCCSCc1ccco1. The molecule has 170 valence electrons. The lowest BCUT2D eigenvalue weighted by molar-refractivity contribution is -0.119. The normalized spacial score (nSPS) is 11.3. The maximum absolute atomic E-state index is 13.3. The van der Waals surface area contributed by atoms with Crippen molar-refractivity contribution in [3.05, 3.63) is 84.3 Å². The van der Waals surface area contributed by atoms with Gasteiger partial charge in [0.15, 0.2) is 0 Å². The summed E-state index contributed by atoms with van der Waals surface area (Å²) in [6.07, 6.45) is 2.31. The summed E-state index contributed by atoms with van der Waals surface area (Å²) < 4.78 is 58.9. The van der Waals surface area contributed by atoms with Crippen LogP contribution in [0.2, 0.25) is 0 Å². The van der Waals surface area contributed by atoms with E-state index in [1.54, 1.807) is 18.0 Å². The number of carbonyl (C=O) groups excluding carboxylic acids is 1. The summed E-state index contributed by atoms with van der Waals surface area (Å²) in [6, 6.07) is 12.8. The van der Waals surface area contributed by atoms with Crippen LogP contribution >= 0.6 is 11.8 Å². The van der Waals surface area contributed by atoms with Crippen molar-refractivity contribution in [1.29, 1.82) is 0 Å². The highest BCUT2D eigenvalue weighted by molar-refractivity contribution is 7.98. The smallest absolute Gasteiger partial charge is 0.264 e. The van der Waals surface area contributed by atoms with Gasteiger partial charge in [-0.1, -0.05) is 0 Å². The van der Waals surface area contributed by atoms with Crippen LogP contribution in [-0.2, 0) is 20.6 Å². The van der Waals surface area contributed by atoms with Crippen molar-refractivity contribution in [2.24, 2.45) is 0 Å². The minimum Gasteiger partial charge on any atom is -0.468 e. The summed E-state index contributed by atoms with van der Waals surface area (Å²) in [5.74, 6) is 0.770. The summed E-state index contributed by atoms with van der Waals surface area (Å²) in [6.45, 7) is -0.122. The van der Waals surface area contributed by atoms with Crippen LogP contribution in [0.15, 0.2) is 76.2 Å². The van der Waals surface area contributed by atoms with E-state index in [0.29, 0.717) is 13.0 Å². The Morgan fingerprint density at radius 3 is 2.28 bits per heavy atom. The number of thioether (sulfide) groups is 1. The third-order valence-corrected chi connectivity index (χ3v) is 7.27. The molecule has 0 fully saturated rings. The molecule has 0 radical (unpaired) electrons. The van der Waals surface area contributed by atoms with E-state index < -0.39 is 34.1 Å². The number of amides is 1. The van der Waals surface area contributed by atoms with Crippen molar-refractivity contribution in [3.8, 4) is 0 Å². The Labute approximate surface area is 189 Å². The first kappa shape index (κ1) is 23.8. The van der Waals surface area contributed by atoms with E-state index >= 15 is 0 Å². The zero-order valence-electron chi connectivity index (χ0n) is 17.0. The van der Waals surface area contributed by atoms with Gasteiger partial charge in [0, 0.05) is 6.54 Å². The van der Waals surface area contributed by atoms with E-state index in [0.717, 1.165) is 58.0 Å². The van der Waals surface area contributed by atoms with E-state index in [1.807, 2.05) is 12.1 Å². The van der Waals surface area contributed by atoms with E-state index in [-0.39, 0.29) is 10.6 Å². The Balaban J connectivity index is 1.61. The highest BCUT2D eigenvalue weighted by Crippen LogP contribution is 2.24. The Kier molecular flexibility index (Phi) is 8.29. The number of sulfonamides is 1. The van der Waals surface area contributed by atoms with Crippen LogP contribution < -0.4 is 9.62 Å². The molecule has 3 rings (SSSR count). The highest BCUT2D eigenvalue weighted by atomic mass is 32.2. The molecule has 0 aliphatic carbocycles. The molecule has 0 saturated carbocycles. The first-order chi connectivity index (χ1) is 15.4. The molecule has 1 amide bonds. The molecule has 1 aromatic heterocycles. The summed E-state index contributed by atoms with van der Waals surface area (Å²) in [7, 11) is -4.17. The average Bonchev–Trinajstić information content (AvgIpc) is 3.29. The lowest BCUT2D eigenvalue weighted by atomic mass is 10.3. The van der Waals surface area contributed by atoms with E-state index in [4.69, 9.17) is 4.42 Å². The predicted octanol–water partition coefficient (Wildman–Crippen LogP) is 4.19. The number of nitrogens with zero attached hydrogens (tertiary/aromatic N) is 1. The van der Waals surface area contributed by atoms with Crippen LogP contribution in [0.3, 0.4) is 0 Å². The number of furan rings is 1. The predicted molar refractivity (Wildman–Crippen MR) is 120 cm³/mol. The van der Waals surface area contributed by atoms with Crippen LogP contribution in [-0.4, -0.2) is 33.2 Å². The van der Waals surface area contributed by atoms with Gasteiger partial charge < -0.3 is 9.73 Å². The highest BCUT2D eigenvalue weighted by Gasteiger charge is 2.27. The van der Waals surface area contributed by atoms with Crippen LogP contribution in [0.5, 0.6) is 0 Å². The number of benzene rings is 2. The Morgan fingerprint density at radius 2 is 1.66 bits per heavy atom. The lowest BCUT2D eigenvalue weighted by Crippen LogP contribution is -2.41. The van der Waals surface area contributed by atoms with Crippen molar-refractivity contribution in [2.45, 2.75) is 17.1 Å². The third kappa shape index (κ3) is 6.57. The Bertz CT molecular complexity index is 1100. The van der Waals surface area contributed by atoms with Crippen LogP contribution in [0, 0.1) is 11.6 Å². The molecule has 0 atom stereocenters. The molecule has 0 bridgehead atoms. The van der Waals surface area contributed by atoms with Gasteiger partial charge in [0.05, 0.1) is 22.6 Å². The lowest BCUT2D eigenvalue weighted by Gasteiger charge is -2.24. The fraction of sp³-hybridized carbons (Fsp3) is 0.227. The van der Waals surface area contributed by atoms with Gasteiger partial charge in [-0.2, -0.15) is 11.8 Å². The van der Waals surface area contributed by atoms with Crippen molar-refractivity contribution in [2.75, 3.05) is 23.1 Å². The second-order valence-corrected chi connectivity index (χ2v) is 9.74. The number of anilines is 1. The number of carbonyl (C=O) groups is 1. The first-order valence-electron chi connectivity index (χ1n) is 9.77. The van der Waals surface area contributed by atoms with Crippen molar-refractivity contribution < 1.29 is 26.4 Å². The minimum absolute atomic E-state index is 0.125. The average molecular weight is 481 g/mol. The molecular weight excluding hydrogens is 458 g/mol. The second-order valence-electron chi connectivity index (χ2n) is 6.78. The number of halogens is 2. The number of hydrogen-bond donors (Lipinski definition) is 1. The largest absolute Gasteiger partial charge is 0.468 e. The quantitative estimate of drug-likeness (QED) is 0.416. The molecule has 0 spiro atoms. The molecule has 0 saturated heterocycles. The van der Waals surface area contributed by atoms with E-state index in [1.165, 1.54) is 12.1 Å². The number of hydrogen-bond acceptors (Lipinski definition) is 5. The van der Waals surface area contributed by atoms with Crippen molar-refractivity contribution in [1.82, 2.24) is 5.32 Å². The molecule has 1 heterocycles. The van der Waals surface area contributed by atoms with E-state index in [2.05, 4.69) is 5.32 Å². The summed E-state index contributed by atoms with van der Waals surface area (Å²) >= 11 is 1.66. The molecule has 3 aromatic rings. The zero-order valence-corrected chi connectivity index (χ0v) is 18.7. The van der Waals surface area contributed by atoms with Gasteiger partial charge in [-0.15, -0.1) is 0 Å². The first-order valence-corrected chi connectivity index (χ1v) is 12.4. The van der Waals surface area contributed by atoms with Gasteiger partial charge in [0.1, 0.15) is 23.9 Å². The maximum Gasteiger partial charge on any atom is 0.264 e. The van der Waals surface area contributed by atoms with E-state index in [9.17, 15) is 22.0 Å². The Hall–Kier alpha value is -2.85. The monoisotopic (exact) mass is 480 g/mol. The topological polar surface area (TPSA) is 79.6 Å². The molecule has 0 aliphatic rings. The standard InChI is InChI=1S/C22H22F2N2O4S2/c23-17-4-8-19(9-5-17)26(32(28,29)21-10-6-18(24)7-11-21)15-22(27)25-12-2-14-31-16-20-3-1-13-30-20/h1,3-11,13H,2,12,14-16H2,(H,25,27). The fourth-order valence-corrected chi connectivity index (χ4v) is 5.09. The van der Waals surface area contributed by atoms with Crippen LogP contribution in [0.1, 0.15) is 12.2 Å². The molecule has 2 aromatic carbocycles. The zero-order chi connectivity index (χ0) is 23.0. The maximum atomic E-state index is 13.3. The van der Waals surface area contributed by atoms with Gasteiger partial charge >= 0.3 is 0 Å². The number of nitrogens with one attached hydrogen (secondary N) is 1. The summed E-state index contributed by atoms with van der Waals surface area (Å²) in [4.78, 5) is 12.3. The van der Waals surface area contributed by atoms with Gasteiger partial charge in [-0.3, -0.25) is 9.10 Å². The van der Waals surface area contributed by atoms with Crippen LogP contribution in [0.25, 0.3) is 0 Å². The second kappa shape index (κ2) is 11.1. The van der Waals surface area contributed by atoms with Gasteiger partial charge in [-0.05, 0) is 72.8 Å². The van der Waals surface area contributed by atoms with Crippen molar-refractivity contribution >= 4 is 33.4 Å². The molecule has 1 N–H and O–H groups in total. The summed E-state index contributed by atoms with van der Waals surface area (Å²) in [5.41, 5.74) is 0.125. The fourth-order valence-electron chi connectivity index (χ4n) is 2.81. The molecule has 6 nitrogen and oxygen atoms in total. The summed E-state index contributed by atoms with van der Waals surface area (Å²) in [5, 5.41) is 2.70. The Morgan fingerprint density at radius 1 is 1.00 bits per heavy atom. The van der Waals surface area contributed by atoms with Gasteiger partial charge in [0.25, 0.3) is 10.0 Å². The van der Waals surface area contributed by atoms with Gasteiger partial charge in [-0.25, -0.2) is 17.2 Å². The molecule has 10 heteroatoms. The number of rotatable bonds is 11. The molecule has 0 aliphatic heterocycles. The molecular formula is C22H22F2N2O4S2.